The first-order valence-electron chi connectivity index (χ1n) is 8.47. The van der Waals surface area contributed by atoms with Crippen molar-refractivity contribution >= 4 is 11.8 Å². The number of esters is 1. The van der Waals surface area contributed by atoms with Crippen LogP contribution < -0.4 is 4.90 Å². The van der Waals surface area contributed by atoms with Gasteiger partial charge in [-0.2, -0.15) is 0 Å². The lowest BCUT2D eigenvalue weighted by molar-refractivity contribution is -0.148. The summed E-state index contributed by atoms with van der Waals surface area (Å²) in [6.45, 7) is 5.98. The quantitative estimate of drug-likeness (QED) is 0.803. The number of hydrogen-bond acceptors (Lipinski definition) is 5. The molecule has 1 aromatic heterocycles. The molecule has 1 atom stereocenters. The number of nitrogens with zero attached hydrogens (tertiary/aromatic N) is 3. The summed E-state index contributed by atoms with van der Waals surface area (Å²) in [5.74, 6) is 1.82. The van der Waals surface area contributed by atoms with Gasteiger partial charge in [0.05, 0.1) is 12.5 Å². The topological polar surface area (TPSA) is 55.3 Å². The van der Waals surface area contributed by atoms with Gasteiger partial charge in [-0.15, -0.1) is 0 Å². The summed E-state index contributed by atoms with van der Waals surface area (Å²) in [6.07, 6.45) is 6.48. The van der Waals surface area contributed by atoms with E-state index >= 15 is 0 Å². The molecule has 0 radical (unpaired) electrons. The Kier molecular flexibility index (Phi) is 4.60. The zero-order chi connectivity index (χ0) is 15.5. The second-order valence-electron chi connectivity index (χ2n) is 6.26. The van der Waals surface area contributed by atoms with E-state index in [1.165, 1.54) is 24.1 Å². The number of piperidine rings is 1. The third-order valence-corrected chi connectivity index (χ3v) is 4.61. The first kappa shape index (κ1) is 15.3. The Hall–Kier alpha value is -1.65. The molecule has 2 heterocycles. The van der Waals surface area contributed by atoms with Gasteiger partial charge in [-0.1, -0.05) is 0 Å². The summed E-state index contributed by atoms with van der Waals surface area (Å²) in [7, 11) is 0. The van der Waals surface area contributed by atoms with E-state index in [-0.39, 0.29) is 11.9 Å². The van der Waals surface area contributed by atoms with Gasteiger partial charge in [0.15, 0.2) is 0 Å². The third-order valence-electron chi connectivity index (χ3n) is 4.61. The maximum absolute atomic E-state index is 12.0. The second kappa shape index (κ2) is 6.63. The van der Waals surface area contributed by atoms with Crippen LogP contribution in [-0.2, 0) is 22.4 Å². The predicted molar refractivity (Wildman–Crippen MR) is 85.0 cm³/mol. The van der Waals surface area contributed by atoms with Crippen molar-refractivity contribution in [2.45, 2.75) is 52.4 Å². The van der Waals surface area contributed by atoms with E-state index < -0.39 is 0 Å². The molecule has 0 N–H and O–H groups in total. The fourth-order valence-corrected chi connectivity index (χ4v) is 3.58. The van der Waals surface area contributed by atoms with Crippen molar-refractivity contribution in [3.63, 3.8) is 0 Å². The fourth-order valence-electron chi connectivity index (χ4n) is 3.58. The Balaban J connectivity index is 1.84. The summed E-state index contributed by atoms with van der Waals surface area (Å²) in [5, 5.41) is 0. The van der Waals surface area contributed by atoms with Crippen molar-refractivity contribution in [3.05, 3.63) is 17.1 Å². The van der Waals surface area contributed by atoms with Crippen LogP contribution in [0.25, 0.3) is 0 Å². The average molecular weight is 303 g/mol. The number of hydrogen-bond donors (Lipinski definition) is 0. The van der Waals surface area contributed by atoms with Crippen LogP contribution >= 0.6 is 0 Å². The molecular weight excluding hydrogens is 278 g/mol. The van der Waals surface area contributed by atoms with Crippen LogP contribution in [0, 0.1) is 12.8 Å². The molecular formula is C17H25N3O2. The Morgan fingerprint density at radius 2 is 2.09 bits per heavy atom. The number of anilines is 1. The minimum atomic E-state index is -0.0631. The minimum absolute atomic E-state index is 0.0248. The smallest absolute Gasteiger partial charge is 0.310 e. The van der Waals surface area contributed by atoms with Crippen molar-refractivity contribution in [2.24, 2.45) is 5.92 Å². The largest absolute Gasteiger partial charge is 0.466 e. The first-order chi connectivity index (χ1) is 10.7. The second-order valence-corrected chi connectivity index (χ2v) is 6.26. The van der Waals surface area contributed by atoms with Crippen LogP contribution in [0.2, 0.25) is 0 Å². The predicted octanol–water partition coefficient (Wildman–Crippen LogP) is 2.44. The van der Waals surface area contributed by atoms with Crippen LogP contribution in [0.3, 0.4) is 0 Å². The van der Waals surface area contributed by atoms with E-state index in [9.17, 15) is 4.79 Å². The highest BCUT2D eigenvalue weighted by molar-refractivity contribution is 5.73. The van der Waals surface area contributed by atoms with Crippen LogP contribution in [0.5, 0.6) is 0 Å². The maximum atomic E-state index is 12.0. The molecule has 1 saturated heterocycles. The lowest BCUT2D eigenvalue weighted by atomic mass is 9.94. The third kappa shape index (κ3) is 3.08. The highest BCUT2D eigenvalue weighted by Gasteiger charge is 2.30. The highest BCUT2D eigenvalue weighted by Crippen LogP contribution is 2.31. The van der Waals surface area contributed by atoms with E-state index in [1.54, 1.807) is 0 Å². The van der Waals surface area contributed by atoms with Gasteiger partial charge >= 0.3 is 5.97 Å². The van der Waals surface area contributed by atoms with Crippen molar-refractivity contribution in [1.82, 2.24) is 9.97 Å². The highest BCUT2D eigenvalue weighted by atomic mass is 16.5. The molecule has 2 aliphatic rings. The molecule has 0 saturated carbocycles. The number of carbonyl (C=O) groups excluding carboxylic acids is 1. The molecule has 3 rings (SSSR count). The lowest BCUT2D eigenvalue weighted by Gasteiger charge is -2.34. The Morgan fingerprint density at radius 3 is 2.91 bits per heavy atom. The monoisotopic (exact) mass is 303 g/mol. The number of rotatable bonds is 3. The molecule has 0 aromatic carbocycles. The zero-order valence-corrected chi connectivity index (χ0v) is 13.6. The zero-order valence-electron chi connectivity index (χ0n) is 13.6. The molecule has 5 heteroatoms. The number of aromatic nitrogens is 2. The molecule has 5 nitrogen and oxygen atoms in total. The van der Waals surface area contributed by atoms with Gasteiger partial charge in [-0.3, -0.25) is 4.79 Å². The summed E-state index contributed by atoms with van der Waals surface area (Å²) >= 11 is 0. The van der Waals surface area contributed by atoms with Gasteiger partial charge < -0.3 is 9.64 Å². The normalized spacial score (nSPS) is 21.4. The molecule has 1 aliphatic heterocycles. The fraction of sp³-hybridized carbons (Fsp3) is 0.706. The van der Waals surface area contributed by atoms with E-state index in [4.69, 9.17) is 9.72 Å². The molecule has 1 fully saturated rings. The van der Waals surface area contributed by atoms with Crippen LogP contribution in [0.15, 0.2) is 0 Å². The van der Waals surface area contributed by atoms with Crippen LogP contribution in [0.1, 0.15) is 49.7 Å². The number of aryl methyl sites for hydroxylation is 2. The van der Waals surface area contributed by atoms with Gasteiger partial charge in [0, 0.05) is 24.3 Å². The van der Waals surface area contributed by atoms with Gasteiger partial charge in [-0.05, 0) is 52.4 Å². The van der Waals surface area contributed by atoms with Gasteiger partial charge in [-0.25, -0.2) is 9.97 Å². The molecule has 120 valence electrons. The maximum Gasteiger partial charge on any atom is 0.310 e. The lowest BCUT2D eigenvalue weighted by Crippen LogP contribution is -2.40. The van der Waals surface area contributed by atoms with Crippen molar-refractivity contribution in [3.8, 4) is 0 Å². The molecule has 1 aliphatic carbocycles. The first-order valence-corrected chi connectivity index (χ1v) is 8.47. The van der Waals surface area contributed by atoms with E-state index in [2.05, 4.69) is 9.88 Å². The summed E-state index contributed by atoms with van der Waals surface area (Å²) < 4.78 is 5.20. The molecule has 22 heavy (non-hydrogen) atoms. The number of carbonyl (C=O) groups is 1. The number of fused-ring (bicyclic) bond motifs is 1. The molecule has 0 spiro atoms. The van der Waals surface area contributed by atoms with Crippen molar-refractivity contribution in [2.75, 3.05) is 24.6 Å². The summed E-state index contributed by atoms with van der Waals surface area (Å²) in [6, 6.07) is 0. The Bertz CT molecular complexity index is 559. The average Bonchev–Trinajstić information content (AvgIpc) is 2.54. The van der Waals surface area contributed by atoms with E-state index in [0.717, 1.165) is 50.4 Å². The molecule has 0 unspecified atom stereocenters. The molecule has 1 aromatic rings. The minimum Gasteiger partial charge on any atom is -0.466 e. The van der Waals surface area contributed by atoms with Crippen LogP contribution in [-0.4, -0.2) is 35.6 Å². The van der Waals surface area contributed by atoms with E-state index in [1.807, 2.05) is 13.8 Å². The van der Waals surface area contributed by atoms with Gasteiger partial charge in [0.25, 0.3) is 0 Å². The van der Waals surface area contributed by atoms with Gasteiger partial charge in [0.2, 0.25) is 0 Å². The van der Waals surface area contributed by atoms with Crippen LogP contribution in [0.4, 0.5) is 5.82 Å². The van der Waals surface area contributed by atoms with E-state index in [0.29, 0.717) is 6.61 Å². The number of ether oxygens (including phenoxy) is 1. The SMILES string of the molecule is CCOC(=O)[C@H]1CCCN(c2nc(C)nc3c2CCCC3)C1. The Labute approximate surface area is 132 Å². The molecule has 0 amide bonds. The van der Waals surface area contributed by atoms with Crippen molar-refractivity contribution < 1.29 is 9.53 Å². The standard InChI is InChI=1S/C17H25N3O2/c1-3-22-17(21)13-7-6-10-20(11-13)16-14-8-4-5-9-15(14)18-12(2)19-16/h13H,3-11H2,1-2H3/t13-/m0/s1. The van der Waals surface area contributed by atoms with Crippen molar-refractivity contribution in [1.29, 1.82) is 0 Å². The van der Waals surface area contributed by atoms with Gasteiger partial charge in [0.1, 0.15) is 11.6 Å². The summed E-state index contributed by atoms with van der Waals surface area (Å²) in [4.78, 5) is 23.7. The molecule has 0 bridgehead atoms. The summed E-state index contributed by atoms with van der Waals surface area (Å²) in [5.41, 5.74) is 2.52. The Morgan fingerprint density at radius 1 is 1.27 bits per heavy atom.